The summed E-state index contributed by atoms with van der Waals surface area (Å²) in [5.74, 6) is 0.978. The molecular weight excluding hydrogens is 272 g/mol. The van der Waals surface area contributed by atoms with Crippen LogP contribution >= 0.6 is 27.3 Å². The molecule has 0 aliphatic rings. The van der Waals surface area contributed by atoms with Crippen LogP contribution in [0.15, 0.2) is 40.3 Å². The Morgan fingerprint density at radius 3 is 2.93 bits per heavy atom. The van der Waals surface area contributed by atoms with Crippen LogP contribution in [0, 0.1) is 0 Å². The minimum absolute atomic E-state index is 0.896. The van der Waals surface area contributed by atoms with E-state index >= 15 is 0 Å². The van der Waals surface area contributed by atoms with Crippen LogP contribution in [-0.2, 0) is 6.54 Å². The standard InChI is InChI=1S/C11H11BrN2S/c1-14(8-9-4-3-7-15-9)11-10(12)5-2-6-13-11/h2-7H,8H2,1H3. The highest BCUT2D eigenvalue weighted by molar-refractivity contribution is 9.10. The highest BCUT2D eigenvalue weighted by atomic mass is 79.9. The molecule has 2 aromatic rings. The van der Waals surface area contributed by atoms with E-state index in [1.807, 2.05) is 25.4 Å². The minimum atomic E-state index is 0.896. The molecule has 0 aliphatic carbocycles. The number of anilines is 1. The third kappa shape index (κ3) is 2.58. The van der Waals surface area contributed by atoms with Gasteiger partial charge in [-0.3, -0.25) is 0 Å². The highest BCUT2D eigenvalue weighted by Crippen LogP contribution is 2.23. The number of aromatic nitrogens is 1. The molecule has 0 aromatic carbocycles. The molecule has 0 spiro atoms. The fourth-order valence-electron chi connectivity index (χ4n) is 1.37. The molecule has 2 nitrogen and oxygen atoms in total. The van der Waals surface area contributed by atoms with Gasteiger partial charge in [0.1, 0.15) is 5.82 Å². The van der Waals surface area contributed by atoms with Gasteiger partial charge in [-0.15, -0.1) is 11.3 Å². The van der Waals surface area contributed by atoms with Crippen LogP contribution < -0.4 is 4.90 Å². The number of rotatable bonds is 3. The first-order chi connectivity index (χ1) is 7.27. The lowest BCUT2D eigenvalue weighted by Crippen LogP contribution is -2.17. The molecule has 0 fully saturated rings. The fourth-order valence-corrected chi connectivity index (χ4v) is 2.68. The molecule has 2 heterocycles. The van der Waals surface area contributed by atoms with Crippen molar-refractivity contribution >= 4 is 33.1 Å². The van der Waals surface area contributed by atoms with E-state index in [2.05, 4.69) is 43.3 Å². The summed E-state index contributed by atoms with van der Waals surface area (Å²) in [4.78, 5) is 7.82. The maximum Gasteiger partial charge on any atom is 0.142 e. The molecule has 0 saturated heterocycles. The third-order valence-corrected chi connectivity index (χ3v) is 3.55. The molecule has 15 heavy (non-hydrogen) atoms. The summed E-state index contributed by atoms with van der Waals surface area (Å²) < 4.78 is 1.03. The Hall–Kier alpha value is -0.870. The molecule has 0 atom stereocenters. The van der Waals surface area contributed by atoms with Crippen molar-refractivity contribution in [1.29, 1.82) is 0 Å². The lowest BCUT2D eigenvalue weighted by molar-refractivity contribution is 0.908. The van der Waals surface area contributed by atoms with Gasteiger partial charge in [0.15, 0.2) is 0 Å². The van der Waals surface area contributed by atoms with E-state index in [-0.39, 0.29) is 0 Å². The predicted octanol–water partition coefficient (Wildman–Crippen LogP) is 3.54. The summed E-state index contributed by atoms with van der Waals surface area (Å²) in [6.07, 6.45) is 1.81. The van der Waals surface area contributed by atoms with E-state index in [4.69, 9.17) is 0 Å². The largest absolute Gasteiger partial charge is 0.354 e. The summed E-state index contributed by atoms with van der Waals surface area (Å²) in [6.45, 7) is 0.896. The average Bonchev–Trinajstić information content (AvgIpc) is 2.71. The number of halogens is 1. The summed E-state index contributed by atoms with van der Waals surface area (Å²) in [6, 6.07) is 8.14. The Kier molecular flexibility index (Phi) is 3.38. The van der Waals surface area contributed by atoms with Gasteiger partial charge in [-0.05, 0) is 39.5 Å². The Bertz CT molecular complexity index is 428. The van der Waals surface area contributed by atoms with Crippen LogP contribution in [0.3, 0.4) is 0 Å². The molecule has 0 saturated carbocycles. The van der Waals surface area contributed by atoms with Crippen molar-refractivity contribution < 1.29 is 0 Å². The Labute approximate surface area is 102 Å². The van der Waals surface area contributed by atoms with E-state index in [9.17, 15) is 0 Å². The van der Waals surface area contributed by atoms with Crippen LogP contribution in [0.2, 0.25) is 0 Å². The molecule has 0 amide bonds. The molecule has 0 N–H and O–H groups in total. The number of thiophene rings is 1. The average molecular weight is 283 g/mol. The maximum atomic E-state index is 4.34. The molecule has 0 unspecified atom stereocenters. The monoisotopic (exact) mass is 282 g/mol. The normalized spacial score (nSPS) is 10.3. The maximum absolute atomic E-state index is 4.34. The summed E-state index contributed by atoms with van der Waals surface area (Å²) >= 11 is 5.27. The first-order valence-corrected chi connectivity index (χ1v) is 6.28. The van der Waals surface area contributed by atoms with Gasteiger partial charge in [0.25, 0.3) is 0 Å². The van der Waals surface area contributed by atoms with Gasteiger partial charge < -0.3 is 4.90 Å². The van der Waals surface area contributed by atoms with E-state index in [1.54, 1.807) is 11.3 Å². The van der Waals surface area contributed by atoms with Gasteiger partial charge in [0, 0.05) is 18.1 Å². The Morgan fingerprint density at radius 2 is 2.27 bits per heavy atom. The Morgan fingerprint density at radius 1 is 1.40 bits per heavy atom. The van der Waals surface area contributed by atoms with Crippen LogP contribution in [-0.4, -0.2) is 12.0 Å². The van der Waals surface area contributed by atoms with Gasteiger partial charge in [0.2, 0.25) is 0 Å². The zero-order chi connectivity index (χ0) is 10.7. The van der Waals surface area contributed by atoms with Crippen molar-refractivity contribution in [3.8, 4) is 0 Å². The lowest BCUT2D eigenvalue weighted by Gasteiger charge is -2.18. The molecule has 0 aliphatic heterocycles. The molecule has 4 heteroatoms. The summed E-state index contributed by atoms with van der Waals surface area (Å²) in [5, 5.41) is 2.09. The van der Waals surface area contributed by atoms with Crippen molar-refractivity contribution in [3.05, 3.63) is 45.2 Å². The van der Waals surface area contributed by atoms with Gasteiger partial charge in [-0.25, -0.2) is 4.98 Å². The van der Waals surface area contributed by atoms with Crippen molar-refractivity contribution in [2.24, 2.45) is 0 Å². The number of nitrogens with zero attached hydrogens (tertiary/aromatic N) is 2. The highest BCUT2D eigenvalue weighted by Gasteiger charge is 2.07. The SMILES string of the molecule is CN(Cc1cccs1)c1ncccc1Br. The van der Waals surface area contributed by atoms with Crippen molar-refractivity contribution in [2.45, 2.75) is 6.54 Å². The van der Waals surface area contributed by atoms with Crippen molar-refractivity contribution in [1.82, 2.24) is 4.98 Å². The zero-order valence-corrected chi connectivity index (χ0v) is 10.8. The smallest absolute Gasteiger partial charge is 0.142 e. The van der Waals surface area contributed by atoms with E-state index in [0.717, 1.165) is 16.8 Å². The van der Waals surface area contributed by atoms with Crippen LogP contribution in [0.5, 0.6) is 0 Å². The fraction of sp³-hybridized carbons (Fsp3) is 0.182. The molecule has 78 valence electrons. The summed E-state index contributed by atoms with van der Waals surface area (Å²) in [7, 11) is 2.05. The molecule has 2 aromatic heterocycles. The number of hydrogen-bond acceptors (Lipinski definition) is 3. The van der Waals surface area contributed by atoms with Crippen LogP contribution in [0.4, 0.5) is 5.82 Å². The second-order valence-corrected chi connectivity index (χ2v) is 5.13. The quantitative estimate of drug-likeness (QED) is 0.856. The number of hydrogen-bond donors (Lipinski definition) is 0. The minimum Gasteiger partial charge on any atom is -0.354 e. The molecule has 2 rings (SSSR count). The lowest BCUT2D eigenvalue weighted by atomic mass is 10.4. The van der Waals surface area contributed by atoms with E-state index < -0.39 is 0 Å². The van der Waals surface area contributed by atoms with Crippen molar-refractivity contribution in [2.75, 3.05) is 11.9 Å². The van der Waals surface area contributed by atoms with Crippen molar-refractivity contribution in [3.63, 3.8) is 0 Å². The topological polar surface area (TPSA) is 16.1 Å². The molecule has 0 bridgehead atoms. The van der Waals surface area contributed by atoms with Gasteiger partial charge >= 0.3 is 0 Å². The summed E-state index contributed by atoms with van der Waals surface area (Å²) in [5.41, 5.74) is 0. The second-order valence-electron chi connectivity index (χ2n) is 3.24. The first-order valence-electron chi connectivity index (χ1n) is 4.61. The zero-order valence-electron chi connectivity index (χ0n) is 8.35. The predicted molar refractivity (Wildman–Crippen MR) is 68.4 cm³/mol. The van der Waals surface area contributed by atoms with Crippen LogP contribution in [0.25, 0.3) is 0 Å². The van der Waals surface area contributed by atoms with Gasteiger partial charge in [0.05, 0.1) is 11.0 Å². The Balaban J connectivity index is 2.15. The second kappa shape index (κ2) is 4.77. The molecule has 0 radical (unpaired) electrons. The third-order valence-electron chi connectivity index (χ3n) is 2.07. The van der Waals surface area contributed by atoms with Crippen LogP contribution in [0.1, 0.15) is 4.88 Å². The molecular formula is C11H11BrN2S. The van der Waals surface area contributed by atoms with E-state index in [0.29, 0.717) is 0 Å². The van der Waals surface area contributed by atoms with Gasteiger partial charge in [-0.2, -0.15) is 0 Å². The van der Waals surface area contributed by atoms with E-state index in [1.165, 1.54) is 4.88 Å². The van der Waals surface area contributed by atoms with Gasteiger partial charge in [-0.1, -0.05) is 6.07 Å². The first kappa shape index (κ1) is 10.6. The number of pyridine rings is 1.